The highest BCUT2D eigenvalue weighted by Crippen LogP contribution is 2.41. The molecule has 1 heterocycles. The first-order valence-electron chi connectivity index (χ1n) is 21.5. The maximum atomic E-state index is 15.1. The van der Waals surface area contributed by atoms with E-state index < -0.39 is 71.4 Å². The van der Waals surface area contributed by atoms with Gasteiger partial charge in [-0.1, -0.05) is 112 Å². The molecule has 13 nitrogen and oxygen atoms in total. The van der Waals surface area contributed by atoms with Gasteiger partial charge in [-0.2, -0.15) is 0 Å². The maximum absolute atomic E-state index is 15.1. The van der Waals surface area contributed by atoms with E-state index in [1.165, 1.54) is 4.90 Å². The van der Waals surface area contributed by atoms with E-state index in [1.807, 2.05) is 92.1 Å². The van der Waals surface area contributed by atoms with Crippen molar-refractivity contribution in [2.75, 3.05) is 19.7 Å². The van der Waals surface area contributed by atoms with E-state index in [4.69, 9.17) is 15.2 Å². The van der Waals surface area contributed by atoms with Gasteiger partial charge in [0.2, 0.25) is 17.7 Å². The van der Waals surface area contributed by atoms with Gasteiger partial charge in [0.05, 0.1) is 12.1 Å². The van der Waals surface area contributed by atoms with Crippen LogP contribution in [0.4, 0.5) is 8.78 Å². The number of benzene rings is 4. The SMILES string of the molecule is CC(C)(C)C(c1cc(-c2cc(F)ccc2F)cn1Cc1ccccc1)N(CCC(N)C(=O)NCCC(=O)NC(CCC(=O)OCc1ccccc1)C(=O)OCc1ccccc1)C(=O)CO. The maximum Gasteiger partial charge on any atom is 0.328 e. The summed E-state index contributed by atoms with van der Waals surface area (Å²) in [6.45, 7) is 4.97. The first kappa shape index (κ1) is 49.3. The lowest BCUT2D eigenvalue weighted by Crippen LogP contribution is -2.48. The molecule has 0 spiro atoms. The van der Waals surface area contributed by atoms with E-state index in [-0.39, 0.29) is 57.6 Å². The number of esters is 2. The summed E-state index contributed by atoms with van der Waals surface area (Å²) in [6.07, 6.45) is 1.14. The molecule has 0 aliphatic carbocycles. The van der Waals surface area contributed by atoms with Gasteiger partial charge < -0.3 is 40.4 Å². The fraction of sp³-hybridized carbons (Fsp3) is 0.340. The quantitative estimate of drug-likeness (QED) is 0.0575. The van der Waals surface area contributed by atoms with Crippen LogP contribution in [0.2, 0.25) is 0 Å². The van der Waals surface area contributed by atoms with Crippen molar-refractivity contribution in [1.82, 2.24) is 20.1 Å². The Morgan fingerprint density at radius 2 is 1.38 bits per heavy atom. The van der Waals surface area contributed by atoms with Gasteiger partial charge in [-0.05, 0) is 59.2 Å². The molecule has 5 N–H and O–H groups in total. The molecule has 344 valence electrons. The van der Waals surface area contributed by atoms with Gasteiger partial charge in [-0.15, -0.1) is 0 Å². The van der Waals surface area contributed by atoms with Crippen molar-refractivity contribution in [3.05, 3.63) is 155 Å². The van der Waals surface area contributed by atoms with Crippen molar-refractivity contribution >= 4 is 29.7 Å². The molecule has 3 unspecified atom stereocenters. The Hall–Kier alpha value is -6.71. The summed E-state index contributed by atoms with van der Waals surface area (Å²) in [5.41, 5.74) is 9.09. The van der Waals surface area contributed by atoms with Crippen molar-refractivity contribution in [2.45, 2.75) is 84.3 Å². The molecule has 0 saturated heterocycles. The Bertz CT molecular complexity index is 2360. The molecule has 5 aromatic rings. The minimum absolute atomic E-state index is 0.0378. The fourth-order valence-electron chi connectivity index (χ4n) is 7.36. The van der Waals surface area contributed by atoms with Crippen LogP contribution < -0.4 is 16.4 Å². The van der Waals surface area contributed by atoms with E-state index in [1.54, 1.807) is 36.5 Å². The van der Waals surface area contributed by atoms with E-state index in [0.29, 0.717) is 17.8 Å². The highest BCUT2D eigenvalue weighted by molar-refractivity contribution is 5.86. The van der Waals surface area contributed by atoms with E-state index in [2.05, 4.69) is 10.6 Å². The summed E-state index contributed by atoms with van der Waals surface area (Å²) in [6, 6.07) is 29.4. The summed E-state index contributed by atoms with van der Waals surface area (Å²) >= 11 is 0. The monoisotopic (exact) mass is 893 g/mol. The molecule has 0 saturated carbocycles. The zero-order chi connectivity index (χ0) is 46.9. The van der Waals surface area contributed by atoms with Crippen LogP contribution in [0.5, 0.6) is 0 Å². The second kappa shape index (κ2) is 23.8. The van der Waals surface area contributed by atoms with Crippen LogP contribution in [0.25, 0.3) is 11.1 Å². The summed E-state index contributed by atoms with van der Waals surface area (Å²) in [5.74, 6) is -4.40. The summed E-state index contributed by atoms with van der Waals surface area (Å²) < 4.78 is 42.2. The third kappa shape index (κ3) is 14.9. The second-order valence-electron chi connectivity index (χ2n) is 16.7. The number of carbonyl (C=O) groups excluding carboxylic acids is 5. The number of nitrogens with zero attached hydrogens (tertiary/aromatic N) is 2. The van der Waals surface area contributed by atoms with Crippen LogP contribution in [0.3, 0.4) is 0 Å². The van der Waals surface area contributed by atoms with Gasteiger partial charge in [-0.25, -0.2) is 13.6 Å². The number of nitrogens with one attached hydrogen (secondary N) is 2. The molecule has 0 bridgehead atoms. The molecule has 5 rings (SSSR count). The first-order valence-corrected chi connectivity index (χ1v) is 21.5. The highest BCUT2D eigenvalue weighted by atomic mass is 19.1. The molecule has 0 fully saturated rings. The molecular formula is C50H57F2N5O8. The molecule has 4 aromatic carbocycles. The lowest BCUT2D eigenvalue weighted by Gasteiger charge is -2.41. The lowest BCUT2D eigenvalue weighted by molar-refractivity contribution is -0.150. The van der Waals surface area contributed by atoms with Gasteiger partial charge >= 0.3 is 11.9 Å². The van der Waals surface area contributed by atoms with Crippen LogP contribution >= 0.6 is 0 Å². The number of rotatable bonds is 22. The van der Waals surface area contributed by atoms with Gasteiger partial charge in [-0.3, -0.25) is 19.2 Å². The molecule has 3 amide bonds. The number of nitrogens with two attached hydrogens (primary N) is 1. The summed E-state index contributed by atoms with van der Waals surface area (Å²) in [4.78, 5) is 67.1. The zero-order valence-corrected chi connectivity index (χ0v) is 36.9. The number of ether oxygens (including phenoxy) is 2. The number of hydrogen-bond acceptors (Lipinski definition) is 9. The Kier molecular flexibility index (Phi) is 18.1. The average molecular weight is 894 g/mol. The topological polar surface area (TPSA) is 182 Å². The normalized spacial score (nSPS) is 12.7. The van der Waals surface area contributed by atoms with Gasteiger partial charge in [0.15, 0.2) is 0 Å². The number of hydrogen-bond donors (Lipinski definition) is 4. The highest BCUT2D eigenvalue weighted by Gasteiger charge is 2.37. The molecule has 15 heteroatoms. The third-order valence-corrected chi connectivity index (χ3v) is 10.6. The second-order valence-corrected chi connectivity index (χ2v) is 16.7. The number of carbonyl (C=O) groups is 5. The number of halogens is 2. The van der Waals surface area contributed by atoms with Gasteiger partial charge in [0.1, 0.15) is 37.5 Å². The molecule has 1 aromatic heterocycles. The van der Waals surface area contributed by atoms with Crippen molar-refractivity contribution in [3.63, 3.8) is 0 Å². The van der Waals surface area contributed by atoms with Crippen LogP contribution in [0.15, 0.2) is 121 Å². The molecule has 65 heavy (non-hydrogen) atoms. The number of aliphatic hydroxyl groups is 1. The van der Waals surface area contributed by atoms with Crippen molar-refractivity contribution in [3.8, 4) is 11.1 Å². The van der Waals surface area contributed by atoms with Crippen LogP contribution in [-0.2, 0) is 53.2 Å². The zero-order valence-electron chi connectivity index (χ0n) is 36.9. The minimum Gasteiger partial charge on any atom is -0.461 e. The van der Waals surface area contributed by atoms with E-state index in [0.717, 1.165) is 34.9 Å². The molecular weight excluding hydrogens is 837 g/mol. The molecule has 0 aliphatic rings. The largest absolute Gasteiger partial charge is 0.461 e. The van der Waals surface area contributed by atoms with Crippen molar-refractivity contribution in [1.29, 1.82) is 0 Å². The van der Waals surface area contributed by atoms with Crippen LogP contribution in [0, 0.1) is 17.0 Å². The Morgan fingerprint density at radius 3 is 1.98 bits per heavy atom. The standard InChI is InChI=1S/C50H57F2N5O8/c1-50(2,3)47(43-27-37(39-28-38(51)19-20-40(39)52)30-56(43)29-34-13-7-4-8-14-34)57(45(60)31-58)26-24-41(53)48(62)54-25-23-44(59)55-42(49(63)65-33-36-17-11-6-12-18-36)21-22-46(61)64-32-35-15-9-5-10-16-35/h4-20,27-28,30,41-42,47,58H,21-26,29,31-33,53H2,1-3H3,(H,54,62)(H,55,59). The number of aromatic nitrogens is 1. The molecule has 0 radical (unpaired) electrons. The molecule has 3 atom stereocenters. The van der Waals surface area contributed by atoms with Gasteiger partial charge in [0, 0.05) is 55.5 Å². The summed E-state index contributed by atoms with van der Waals surface area (Å²) in [7, 11) is 0. The predicted octanol–water partition coefficient (Wildman–Crippen LogP) is 6.37. The third-order valence-electron chi connectivity index (χ3n) is 10.6. The fourth-order valence-corrected chi connectivity index (χ4v) is 7.36. The molecule has 0 aliphatic heterocycles. The van der Waals surface area contributed by atoms with Crippen LogP contribution in [0.1, 0.15) is 74.9 Å². The van der Waals surface area contributed by atoms with E-state index in [9.17, 15) is 33.5 Å². The van der Waals surface area contributed by atoms with Crippen molar-refractivity contribution < 1.29 is 47.3 Å². The lowest BCUT2D eigenvalue weighted by atomic mass is 9.82. The number of amides is 3. The Labute approximate surface area is 377 Å². The Morgan fingerprint density at radius 1 is 0.785 bits per heavy atom. The predicted molar refractivity (Wildman–Crippen MR) is 240 cm³/mol. The van der Waals surface area contributed by atoms with Crippen molar-refractivity contribution in [2.24, 2.45) is 11.1 Å². The first-order chi connectivity index (χ1) is 31.1. The smallest absolute Gasteiger partial charge is 0.328 e. The number of aliphatic hydroxyl groups excluding tert-OH is 1. The average Bonchev–Trinajstić information content (AvgIpc) is 3.70. The summed E-state index contributed by atoms with van der Waals surface area (Å²) in [5, 5.41) is 15.4. The Balaban J connectivity index is 1.23. The van der Waals surface area contributed by atoms with Gasteiger partial charge in [0.25, 0.3) is 0 Å². The van der Waals surface area contributed by atoms with E-state index >= 15 is 4.39 Å². The minimum atomic E-state index is -1.18. The van der Waals surface area contributed by atoms with Crippen LogP contribution in [-0.4, -0.2) is 76.0 Å².